The molecule has 4 rings (SSSR count). The summed E-state index contributed by atoms with van der Waals surface area (Å²) in [7, 11) is 1.30. The Morgan fingerprint density at radius 1 is 1.00 bits per heavy atom. The Hall–Kier alpha value is -3.46. The van der Waals surface area contributed by atoms with E-state index in [9.17, 15) is 14.4 Å². The van der Waals surface area contributed by atoms with Gasteiger partial charge in [0.05, 0.1) is 34.8 Å². The van der Waals surface area contributed by atoms with Gasteiger partial charge in [-0.25, -0.2) is 4.79 Å². The van der Waals surface area contributed by atoms with Crippen molar-refractivity contribution < 1.29 is 19.1 Å². The number of methoxy groups -OCH3 is 1. The van der Waals surface area contributed by atoms with Crippen LogP contribution >= 0.6 is 35.4 Å². The fourth-order valence-electron chi connectivity index (χ4n) is 3.85. The summed E-state index contributed by atoms with van der Waals surface area (Å²) in [6.45, 7) is 0.342. The van der Waals surface area contributed by atoms with Crippen molar-refractivity contribution in [1.82, 2.24) is 4.90 Å². The fraction of sp³-hybridized carbons (Fsp3) is 0.154. The van der Waals surface area contributed by atoms with Crippen LogP contribution in [0.25, 0.3) is 0 Å². The molecule has 184 valence electrons. The highest BCUT2D eigenvalue weighted by Gasteiger charge is 2.44. The minimum atomic E-state index is -0.832. The van der Waals surface area contributed by atoms with E-state index in [0.717, 1.165) is 5.56 Å². The van der Waals surface area contributed by atoms with Crippen molar-refractivity contribution in [2.45, 2.75) is 19.0 Å². The molecule has 1 aliphatic heterocycles. The Kier molecular flexibility index (Phi) is 7.88. The monoisotopic (exact) mass is 541 g/mol. The lowest BCUT2D eigenvalue weighted by atomic mass is 10.1. The van der Waals surface area contributed by atoms with Crippen molar-refractivity contribution in [2.24, 2.45) is 0 Å². The number of halogens is 2. The van der Waals surface area contributed by atoms with E-state index in [1.807, 2.05) is 30.3 Å². The Balaban J connectivity index is 1.57. The van der Waals surface area contributed by atoms with Crippen LogP contribution in [0.3, 0.4) is 0 Å². The number of thiocarbonyl (C=S) groups is 1. The molecule has 36 heavy (non-hydrogen) atoms. The molecular formula is C26H21Cl2N3O4S. The van der Waals surface area contributed by atoms with Crippen LogP contribution < -0.4 is 10.2 Å². The van der Waals surface area contributed by atoms with Crippen LogP contribution in [-0.2, 0) is 20.9 Å². The topological polar surface area (TPSA) is 78.9 Å². The van der Waals surface area contributed by atoms with Crippen molar-refractivity contribution in [1.29, 1.82) is 0 Å². The molecule has 1 N–H and O–H groups in total. The van der Waals surface area contributed by atoms with Crippen molar-refractivity contribution in [3.8, 4) is 0 Å². The molecule has 2 amide bonds. The molecule has 1 saturated heterocycles. The lowest BCUT2D eigenvalue weighted by Gasteiger charge is -2.24. The van der Waals surface area contributed by atoms with Crippen molar-refractivity contribution in [3.63, 3.8) is 0 Å². The minimum Gasteiger partial charge on any atom is -0.465 e. The Labute approximate surface area is 223 Å². The fourth-order valence-corrected chi connectivity index (χ4v) is 4.53. The third-order valence-electron chi connectivity index (χ3n) is 5.64. The SMILES string of the molecule is COC(=O)c1ccc(NC(=O)CC2C(=O)N(c3ccc(Cl)c(Cl)c3)C(=S)N2Cc2ccccc2)cc1. The zero-order valence-corrected chi connectivity index (χ0v) is 21.4. The molecule has 3 aromatic rings. The largest absolute Gasteiger partial charge is 0.465 e. The number of carbonyl (C=O) groups is 3. The number of hydrogen-bond donors (Lipinski definition) is 1. The van der Waals surface area contributed by atoms with E-state index in [0.29, 0.717) is 28.5 Å². The Morgan fingerprint density at radius 2 is 1.69 bits per heavy atom. The molecule has 1 unspecified atom stereocenters. The number of ether oxygens (including phenoxy) is 1. The predicted octanol–water partition coefficient (Wildman–Crippen LogP) is 5.31. The van der Waals surface area contributed by atoms with Gasteiger partial charge in [-0.05, 0) is 60.2 Å². The first-order valence-electron chi connectivity index (χ1n) is 10.9. The van der Waals surface area contributed by atoms with Crippen LogP contribution in [0.1, 0.15) is 22.3 Å². The second-order valence-electron chi connectivity index (χ2n) is 8.01. The first-order chi connectivity index (χ1) is 17.3. The standard InChI is InChI=1S/C26H21Cl2N3O4S/c1-35-25(34)17-7-9-18(10-8-17)29-23(32)14-22-24(33)31(19-11-12-20(27)21(28)13-19)26(36)30(22)15-16-5-3-2-4-6-16/h2-13,22H,14-15H2,1H3,(H,29,32). The van der Waals surface area contributed by atoms with Gasteiger partial charge in [-0.2, -0.15) is 0 Å². The molecule has 0 radical (unpaired) electrons. The summed E-state index contributed by atoms with van der Waals surface area (Å²) in [5.41, 5.74) is 2.25. The van der Waals surface area contributed by atoms with Gasteiger partial charge < -0.3 is 15.0 Å². The third-order valence-corrected chi connectivity index (χ3v) is 6.80. The van der Waals surface area contributed by atoms with Crippen molar-refractivity contribution in [3.05, 3.63) is 94.0 Å². The molecule has 0 saturated carbocycles. The number of rotatable bonds is 7. The third kappa shape index (κ3) is 5.51. The summed E-state index contributed by atoms with van der Waals surface area (Å²) in [6, 6.07) is 19.8. The zero-order chi connectivity index (χ0) is 25.8. The van der Waals surface area contributed by atoms with Gasteiger partial charge in [0.2, 0.25) is 5.91 Å². The highest BCUT2D eigenvalue weighted by molar-refractivity contribution is 7.80. The number of esters is 1. The lowest BCUT2D eigenvalue weighted by molar-refractivity contribution is -0.124. The molecule has 7 nitrogen and oxygen atoms in total. The Bertz CT molecular complexity index is 1320. The molecule has 10 heteroatoms. The summed E-state index contributed by atoms with van der Waals surface area (Å²) in [4.78, 5) is 41.2. The molecule has 0 bridgehead atoms. The summed E-state index contributed by atoms with van der Waals surface area (Å²) in [5.74, 6) is -1.20. The number of amides is 2. The van der Waals surface area contributed by atoms with Gasteiger partial charge in [-0.1, -0.05) is 53.5 Å². The number of carbonyl (C=O) groups excluding carboxylic acids is 3. The van der Waals surface area contributed by atoms with Crippen molar-refractivity contribution >= 4 is 69.7 Å². The molecule has 1 aliphatic rings. The molecule has 1 atom stereocenters. The van der Waals surface area contributed by atoms with Gasteiger partial charge in [0.25, 0.3) is 5.91 Å². The number of nitrogens with one attached hydrogen (secondary N) is 1. The highest BCUT2D eigenvalue weighted by Crippen LogP contribution is 2.33. The van der Waals surface area contributed by atoms with E-state index in [-0.39, 0.29) is 28.4 Å². The second-order valence-corrected chi connectivity index (χ2v) is 9.18. The first-order valence-corrected chi connectivity index (χ1v) is 12.1. The van der Waals surface area contributed by atoms with E-state index in [1.165, 1.54) is 12.0 Å². The maximum Gasteiger partial charge on any atom is 0.337 e. The Morgan fingerprint density at radius 3 is 2.33 bits per heavy atom. The quantitative estimate of drug-likeness (QED) is 0.322. The summed E-state index contributed by atoms with van der Waals surface area (Å²) >= 11 is 17.9. The minimum absolute atomic E-state index is 0.137. The van der Waals surface area contributed by atoms with Gasteiger partial charge >= 0.3 is 5.97 Å². The van der Waals surface area contributed by atoms with Crippen LogP contribution in [0.4, 0.5) is 11.4 Å². The van der Waals surface area contributed by atoms with Crippen LogP contribution in [-0.4, -0.2) is 40.9 Å². The van der Waals surface area contributed by atoms with E-state index in [2.05, 4.69) is 10.1 Å². The highest BCUT2D eigenvalue weighted by atomic mass is 35.5. The molecule has 0 aromatic heterocycles. The zero-order valence-electron chi connectivity index (χ0n) is 19.1. The molecule has 0 spiro atoms. The van der Waals surface area contributed by atoms with Crippen LogP contribution in [0.2, 0.25) is 10.0 Å². The van der Waals surface area contributed by atoms with Crippen LogP contribution in [0.5, 0.6) is 0 Å². The van der Waals surface area contributed by atoms with Crippen LogP contribution in [0, 0.1) is 0 Å². The van der Waals surface area contributed by atoms with Crippen molar-refractivity contribution in [2.75, 3.05) is 17.3 Å². The number of hydrogen-bond acceptors (Lipinski definition) is 5. The normalized spacial score (nSPS) is 15.2. The summed E-state index contributed by atoms with van der Waals surface area (Å²) < 4.78 is 4.69. The molecule has 1 fully saturated rings. The number of benzene rings is 3. The molecule has 1 heterocycles. The maximum atomic E-state index is 13.5. The average Bonchev–Trinajstić information content (AvgIpc) is 3.10. The van der Waals surface area contributed by atoms with Gasteiger partial charge in [0.1, 0.15) is 6.04 Å². The van der Waals surface area contributed by atoms with Gasteiger partial charge in [0, 0.05) is 12.2 Å². The molecule has 3 aromatic carbocycles. The first kappa shape index (κ1) is 25.6. The van der Waals surface area contributed by atoms with E-state index in [4.69, 9.17) is 35.4 Å². The average molecular weight is 542 g/mol. The van der Waals surface area contributed by atoms with E-state index < -0.39 is 12.0 Å². The maximum absolute atomic E-state index is 13.5. The summed E-state index contributed by atoms with van der Waals surface area (Å²) in [5, 5.41) is 3.68. The van der Waals surface area contributed by atoms with Gasteiger partial charge in [0.15, 0.2) is 5.11 Å². The van der Waals surface area contributed by atoms with Gasteiger partial charge in [-0.15, -0.1) is 0 Å². The summed E-state index contributed by atoms with van der Waals surface area (Å²) in [6.07, 6.45) is -0.137. The van der Waals surface area contributed by atoms with E-state index >= 15 is 0 Å². The van der Waals surface area contributed by atoms with Gasteiger partial charge in [-0.3, -0.25) is 14.5 Å². The van der Waals surface area contributed by atoms with Crippen LogP contribution in [0.15, 0.2) is 72.8 Å². The number of anilines is 2. The predicted molar refractivity (Wildman–Crippen MR) is 143 cm³/mol. The smallest absolute Gasteiger partial charge is 0.337 e. The molecular weight excluding hydrogens is 521 g/mol. The number of nitrogens with zero attached hydrogens (tertiary/aromatic N) is 2. The molecule has 0 aliphatic carbocycles. The lowest BCUT2D eigenvalue weighted by Crippen LogP contribution is -2.37. The van der Waals surface area contributed by atoms with E-state index in [1.54, 1.807) is 47.4 Å². The second kappa shape index (κ2) is 11.1.